The van der Waals surface area contributed by atoms with Gasteiger partial charge in [-0.1, -0.05) is 6.92 Å². The van der Waals surface area contributed by atoms with Gasteiger partial charge in [-0.25, -0.2) is 0 Å². The molecular formula is C18H25NO4. The number of carboxylic acid groups (broad SMARTS) is 1. The molecular weight excluding hydrogens is 294 g/mol. The number of carboxylic acids is 1. The number of aliphatic carboxylic acids is 1. The maximum atomic E-state index is 12.7. The van der Waals surface area contributed by atoms with Crippen LogP contribution >= 0.6 is 0 Å². The Balaban J connectivity index is 2.09. The lowest BCUT2D eigenvalue weighted by Crippen LogP contribution is -2.49. The molecule has 0 radical (unpaired) electrons. The molecule has 1 N–H and O–H groups in total. The molecule has 1 heterocycles. The summed E-state index contributed by atoms with van der Waals surface area (Å²) >= 11 is 0. The Morgan fingerprint density at radius 2 is 2.00 bits per heavy atom. The second-order valence-corrected chi connectivity index (χ2v) is 6.19. The number of benzene rings is 1. The first kappa shape index (κ1) is 17.3. The van der Waals surface area contributed by atoms with Gasteiger partial charge in [0.15, 0.2) is 0 Å². The van der Waals surface area contributed by atoms with Crippen LogP contribution in [0.5, 0.6) is 5.75 Å². The van der Waals surface area contributed by atoms with E-state index in [-0.39, 0.29) is 18.1 Å². The van der Waals surface area contributed by atoms with Gasteiger partial charge in [-0.3, -0.25) is 9.59 Å². The van der Waals surface area contributed by atoms with Crippen molar-refractivity contribution in [3.8, 4) is 5.75 Å². The summed E-state index contributed by atoms with van der Waals surface area (Å²) in [6, 6.07) is 6.80. The summed E-state index contributed by atoms with van der Waals surface area (Å²) in [7, 11) is 0. The molecule has 0 bridgehead atoms. The lowest BCUT2D eigenvalue weighted by molar-refractivity contribution is -0.144. The standard InChI is InChI=1S/C18H25NO4/c1-4-12(2)23-15-9-7-14(8-10-15)17(20)19-11-5-6-16(13(19)3)18(21)22/h7-10,12-13,16H,4-6,11H2,1-3H3,(H,21,22)/t12?,13-,16-/m0/s1. The number of rotatable bonds is 5. The molecule has 23 heavy (non-hydrogen) atoms. The quantitative estimate of drug-likeness (QED) is 0.905. The van der Waals surface area contributed by atoms with Crippen LogP contribution in [-0.4, -0.2) is 40.6 Å². The first-order chi connectivity index (χ1) is 10.9. The number of hydrogen-bond donors (Lipinski definition) is 1. The van der Waals surface area contributed by atoms with Crippen LogP contribution in [0, 0.1) is 5.92 Å². The molecule has 1 fully saturated rings. The predicted molar refractivity (Wildman–Crippen MR) is 87.7 cm³/mol. The van der Waals surface area contributed by atoms with E-state index in [0.29, 0.717) is 18.5 Å². The molecule has 1 aromatic rings. The van der Waals surface area contributed by atoms with Crippen LogP contribution in [0.2, 0.25) is 0 Å². The summed E-state index contributed by atoms with van der Waals surface area (Å²) in [4.78, 5) is 25.6. The van der Waals surface area contributed by atoms with E-state index >= 15 is 0 Å². The largest absolute Gasteiger partial charge is 0.491 e. The third kappa shape index (κ3) is 4.03. The van der Waals surface area contributed by atoms with Crippen LogP contribution in [0.4, 0.5) is 0 Å². The smallest absolute Gasteiger partial charge is 0.308 e. The number of carbonyl (C=O) groups excluding carboxylic acids is 1. The highest BCUT2D eigenvalue weighted by molar-refractivity contribution is 5.95. The highest BCUT2D eigenvalue weighted by Gasteiger charge is 2.35. The first-order valence-corrected chi connectivity index (χ1v) is 8.24. The molecule has 0 saturated carbocycles. The van der Waals surface area contributed by atoms with Crippen LogP contribution in [0.3, 0.4) is 0 Å². The van der Waals surface area contributed by atoms with Crippen molar-refractivity contribution in [1.82, 2.24) is 4.90 Å². The Hall–Kier alpha value is -2.04. The number of ether oxygens (including phenoxy) is 1. The number of amides is 1. The molecule has 126 valence electrons. The summed E-state index contributed by atoms with van der Waals surface area (Å²) < 4.78 is 5.71. The number of hydrogen-bond acceptors (Lipinski definition) is 3. The summed E-state index contributed by atoms with van der Waals surface area (Å²) in [5.41, 5.74) is 0.569. The summed E-state index contributed by atoms with van der Waals surface area (Å²) in [5, 5.41) is 9.27. The van der Waals surface area contributed by atoms with Crippen LogP contribution in [0.15, 0.2) is 24.3 Å². The van der Waals surface area contributed by atoms with Crippen LogP contribution < -0.4 is 4.74 Å². The molecule has 1 saturated heterocycles. The van der Waals surface area contributed by atoms with Crippen LogP contribution in [0.1, 0.15) is 50.4 Å². The van der Waals surface area contributed by atoms with E-state index in [0.717, 1.165) is 18.6 Å². The average Bonchev–Trinajstić information content (AvgIpc) is 2.54. The molecule has 1 aliphatic heterocycles. The molecule has 5 nitrogen and oxygen atoms in total. The van der Waals surface area contributed by atoms with E-state index in [4.69, 9.17) is 4.74 Å². The molecule has 0 aliphatic carbocycles. The SMILES string of the molecule is CCC(C)Oc1ccc(C(=O)N2CCC[C@H](C(=O)O)[C@@H]2C)cc1. The second-order valence-electron chi connectivity index (χ2n) is 6.19. The van der Waals surface area contributed by atoms with Crippen molar-refractivity contribution in [1.29, 1.82) is 0 Å². The van der Waals surface area contributed by atoms with Gasteiger partial charge in [-0.05, 0) is 57.4 Å². The van der Waals surface area contributed by atoms with Gasteiger partial charge in [0.25, 0.3) is 5.91 Å². The van der Waals surface area contributed by atoms with Crippen molar-refractivity contribution in [2.24, 2.45) is 5.92 Å². The predicted octanol–water partition coefficient (Wildman–Crippen LogP) is 3.19. The van der Waals surface area contributed by atoms with Gasteiger partial charge in [0, 0.05) is 18.2 Å². The van der Waals surface area contributed by atoms with E-state index in [1.807, 2.05) is 13.8 Å². The second kappa shape index (κ2) is 7.49. The lowest BCUT2D eigenvalue weighted by atomic mass is 9.90. The van der Waals surface area contributed by atoms with Crippen molar-refractivity contribution in [2.75, 3.05) is 6.54 Å². The van der Waals surface area contributed by atoms with E-state index in [1.54, 1.807) is 29.2 Å². The van der Waals surface area contributed by atoms with E-state index in [2.05, 4.69) is 6.92 Å². The zero-order valence-corrected chi connectivity index (χ0v) is 14.0. The van der Waals surface area contributed by atoms with Gasteiger partial charge < -0.3 is 14.7 Å². The Morgan fingerprint density at radius 1 is 1.35 bits per heavy atom. The Morgan fingerprint density at radius 3 is 2.57 bits per heavy atom. The maximum absolute atomic E-state index is 12.7. The van der Waals surface area contributed by atoms with Gasteiger partial charge in [0.2, 0.25) is 0 Å². The van der Waals surface area contributed by atoms with E-state index in [9.17, 15) is 14.7 Å². The zero-order valence-electron chi connectivity index (χ0n) is 14.0. The summed E-state index contributed by atoms with van der Waals surface area (Å²) in [5.74, 6) is -0.683. The molecule has 1 unspecified atom stereocenters. The van der Waals surface area contributed by atoms with Crippen molar-refractivity contribution < 1.29 is 19.4 Å². The molecule has 3 atom stereocenters. The molecule has 2 rings (SSSR count). The van der Waals surface area contributed by atoms with Crippen molar-refractivity contribution in [3.05, 3.63) is 29.8 Å². The number of piperidine rings is 1. The first-order valence-electron chi connectivity index (χ1n) is 8.24. The van der Waals surface area contributed by atoms with Crippen molar-refractivity contribution in [2.45, 2.75) is 52.2 Å². The number of likely N-dealkylation sites (tertiary alicyclic amines) is 1. The number of carbonyl (C=O) groups is 2. The van der Waals surface area contributed by atoms with Gasteiger partial charge in [-0.2, -0.15) is 0 Å². The normalized spacial score (nSPS) is 22.5. The van der Waals surface area contributed by atoms with Crippen LogP contribution in [-0.2, 0) is 4.79 Å². The Kier molecular flexibility index (Phi) is 5.64. The Bertz CT molecular complexity index is 555. The highest BCUT2D eigenvalue weighted by Crippen LogP contribution is 2.26. The fourth-order valence-electron chi connectivity index (χ4n) is 2.92. The van der Waals surface area contributed by atoms with Crippen molar-refractivity contribution >= 4 is 11.9 Å². The van der Waals surface area contributed by atoms with E-state index in [1.165, 1.54) is 0 Å². The molecule has 1 aliphatic rings. The van der Waals surface area contributed by atoms with Crippen molar-refractivity contribution in [3.63, 3.8) is 0 Å². The molecule has 5 heteroatoms. The minimum absolute atomic E-state index is 0.112. The summed E-state index contributed by atoms with van der Waals surface area (Å²) in [6.45, 7) is 6.48. The average molecular weight is 319 g/mol. The minimum Gasteiger partial charge on any atom is -0.491 e. The van der Waals surface area contributed by atoms with Gasteiger partial charge in [0.1, 0.15) is 5.75 Å². The topological polar surface area (TPSA) is 66.8 Å². The number of nitrogens with zero attached hydrogens (tertiary/aromatic N) is 1. The molecule has 1 aromatic carbocycles. The summed E-state index contributed by atoms with van der Waals surface area (Å²) in [6.07, 6.45) is 2.40. The third-order valence-corrected chi connectivity index (χ3v) is 4.58. The Labute approximate surface area is 137 Å². The maximum Gasteiger partial charge on any atom is 0.308 e. The highest BCUT2D eigenvalue weighted by atomic mass is 16.5. The zero-order chi connectivity index (χ0) is 17.0. The molecule has 0 aromatic heterocycles. The third-order valence-electron chi connectivity index (χ3n) is 4.58. The van der Waals surface area contributed by atoms with Gasteiger partial charge >= 0.3 is 5.97 Å². The minimum atomic E-state index is -0.827. The monoisotopic (exact) mass is 319 g/mol. The molecule has 1 amide bonds. The molecule has 0 spiro atoms. The fourth-order valence-corrected chi connectivity index (χ4v) is 2.92. The van der Waals surface area contributed by atoms with Gasteiger partial charge in [-0.15, -0.1) is 0 Å². The van der Waals surface area contributed by atoms with E-state index < -0.39 is 11.9 Å². The fraction of sp³-hybridized carbons (Fsp3) is 0.556. The van der Waals surface area contributed by atoms with Gasteiger partial charge in [0.05, 0.1) is 12.0 Å². The van der Waals surface area contributed by atoms with Crippen LogP contribution in [0.25, 0.3) is 0 Å². The lowest BCUT2D eigenvalue weighted by Gasteiger charge is -2.37.